The predicted octanol–water partition coefficient (Wildman–Crippen LogP) is 2.29. The van der Waals surface area contributed by atoms with Gasteiger partial charge in [0.1, 0.15) is 17.1 Å². The minimum atomic E-state index is -0.589. The van der Waals surface area contributed by atoms with Crippen LogP contribution in [0, 0.1) is 0 Å². The Morgan fingerprint density at radius 3 is 3.00 bits per heavy atom. The molecular formula is C13H13ClN4O2S. The number of benzene rings is 1. The average Bonchev–Trinajstić information content (AvgIpc) is 3.03. The maximum Gasteiger partial charge on any atom is 0.252 e. The standard InChI is InChI=1S/C13H13ClN4O2S/c1-2-5-18-10(19)6-9(13(18)20)15-11-7(14)3-4-8-12(11)17-21-16-8/h3-4,9,15H,2,5-6H2,1H3. The van der Waals surface area contributed by atoms with E-state index in [1.54, 1.807) is 12.1 Å². The number of carbonyl (C=O) groups is 2. The number of carbonyl (C=O) groups excluding carboxylic acids is 2. The molecule has 2 amide bonds. The van der Waals surface area contributed by atoms with Crippen molar-refractivity contribution in [3.05, 3.63) is 17.2 Å². The molecule has 1 atom stereocenters. The van der Waals surface area contributed by atoms with Gasteiger partial charge in [0.15, 0.2) is 0 Å². The molecule has 0 bridgehead atoms. The van der Waals surface area contributed by atoms with Crippen LogP contribution < -0.4 is 5.32 Å². The average molecular weight is 325 g/mol. The second-order valence-corrected chi connectivity index (χ2v) is 5.77. The summed E-state index contributed by atoms with van der Waals surface area (Å²) in [6, 6.07) is 2.89. The molecule has 0 radical (unpaired) electrons. The molecule has 6 nitrogen and oxygen atoms in total. The quantitative estimate of drug-likeness (QED) is 0.873. The van der Waals surface area contributed by atoms with Crippen LogP contribution in [0.4, 0.5) is 5.69 Å². The van der Waals surface area contributed by atoms with E-state index >= 15 is 0 Å². The van der Waals surface area contributed by atoms with Crippen molar-refractivity contribution < 1.29 is 9.59 Å². The van der Waals surface area contributed by atoms with E-state index in [0.717, 1.165) is 18.1 Å². The minimum absolute atomic E-state index is 0.142. The number of anilines is 1. The van der Waals surface area contributed by atoms with Crippen LogP contribution in [0.2, 0.25) is 5.02 Å². The number of rotatable bonds is 4. The maximum atomic E-state index is 12.3. The van der Waals surface area contributed by atoms with E-state index in [1.807, 2.05) is 6.92 Å². The zero-order valence-corrected chi connectivity index (χ0v) is 12.9. The van der Waals surface area contributed by atoms with Crippen LogP contribution in [0.25, 0.3) is 11.0 Å². The Labute approximate surface area is 130 Å². The number of likely N-dealkylation sites (tertiary alicyclic amines) is 1. The largest absolute Gasteiger partial charge is 0.370 e. The van der Waals surface area contributed by atoms with Gasteiger partial charge in [-0.3, -0.25) is 14.5 Å². The number of hydrogen-bond acceptors (Lipinski definition) is 6. The Bertz CT molecular complexity index is 717. The van der Waals surface area contributed by atoms with E-state index in [-0.39, 0.29) is 18.2 Å². The maximum absolute atomic E-state index is 12.3. The summed E-state index contributed by atoms with van der Waals surface area (Å²) in [6.07, 6.45) is 0.889. The Morgan fingerprint density at radius 2 is 2.24 bits per heavy atom. The predicted molar refractivity (Wildman–Crippen MR) is 81.5 cm³/mol. The number of hydrogen-bond donors (Lipinski definition) is 1. The Balaban J connectivity index is 1.89. The first-order chi connectivity index (χ1) is 10.1. The lowest BCUT2D eigenvalue weighted by atomic mass is 10.2. The molecule has 3 rings (SSSR count). The first-order valence-corrected chi connectivity index (χ1v) is 7.74. The summed E-state index contributed by atoms with van der Waals surface area (Å²) in [5.41, 5.74) is 1.91. The molecule has 1 N–H and O–H groups in total. The smallest absolute Gasteiger partial charge is 0.252 e. The molecule has 1 aliphatic heterocycles. The molecule has 1 unspecified atom stereocenters. The van der Waals surface area contributed by atoms with Crippen molar-refractivity contribution in [2.24, 2.45) is 0 Å². The van der Waals surface area contributed by atoms with Crippen molar-refractivity contribution in [1.82, 2.24) is 13.6 Å². The van der Waals surface area contributed by atoms with Gasteiger partial charge >= 0.3 is 0 Å². The van der Waals surface area contributed by atoms with Gasteiger partial charge in [-0.2, -0.15) is 8.75 Å². The van der Waals surface area contributed by atoms with Gasteiger partial charge in [-0.15, -0.1) is 0 Å². The van der Waals surface area contributed by atoms with Gasteiger partial charge in [0.05, 0.1) is 28.9 Å². The summed E-state index contributed by atoms with van der Waals surface area (Å²) in [6.45, 7) is 2.38. The van der Waals surface area contributed by atoms with Crippen molar-refractivity contribution in [2.45, 2.75) is 25.8 Å². The fraction of sp³-hybridized carbons (Fsp3) is 0.385. The fourth-order valence-electron chi connectivity index (χ4n) is 2.39. The Kier molecular flexibility index (Phi) is 3.77. The van der Waals surface area contributed by atoms with Gasteiger partial charge < -0.3 is 5.32 Å². The number of nitrogens with zero attached hydrogens (tertiary/aromatic N) is 3. The third-order valence-corrected chi connectivity index (χ3v) is 4.24. The van der Waals surface area contributed by atoms with Crippen molar-refractivity contribution in [3.63, 3.8) is 0 Å². The van der Waals surface area contributed by atoms with Crippen molar-refractivity contribution in [1.29, 1.82) is 0 Å². The van der Waals surface area contributed by atoms with Crippen LogP contribution in [0.1, 0.15) is 19.8 Å². The fourth-order valence-corrected chi connectivity index (χ4v) is 3.14. The molecule has 8 heteroatoms. The van der Waals surface area contributed by atoms with Gasteiger partial charge in [-0.25, -0.2) is 0 Å². The van der Waals surface area contributed by atoms with Crippen LogP contribution >= 0.6 is 23.3 Å². The molecule has 110 valence electrons. The zero-order chi connectivity index (χ0) is 15.0. The van der Waals surface area contributed by atoms with Crippen LogP contribution in [-0.2, 0) is 9.59 Å². The molecule has 1 aliphatic rings. The van der Waals surface area contributed by atoms with E-state index < -0.39 is 6.04 Å². The Hall–Kier alpha value is -1.73. The molecule has 1 saturated heterocycles. The summed E-state index contributed by atoms with van der Waals surface area (Å²) in [5.74, 6) is -0.364. The molecule has 1 aromatic carbocycles. The van der Waals surface area contributed by atoms with Gasteiger partial charge in [-0.05, 0) is 18.6 Å². The second kappa shape index (κ2) is 5.57. The van der Waals surface area contributed by atoms with Crippen molar-refractivity contribution in [2.75, 3.05) is 11.9 Å². The number of halogens is 1. The first kappa shape index (κ1) is 14.2. The molecule has 0 saturated carbocycles. The van der Waals surface area contributed by atoms with Crippen molar-refractivity contribution in [3.8, 4) is 0 Å². The second-order valence-electron chi connectivity index (χ2n) is 4.84. The number of nitrogens with one attached hydrogen (secondary N) is 1. The van der Waals surface area contributed by atoms with Crippen LogP contribution in [0.15, 0.2) is 12.1 Å². The number of amides is 2. The lowest BCUT2D eigenvalue weighted by Gasteiger charge is -2.15. The lowest BCUT2D eigenvalue weighted by Crippen LogP contribution is -2.35. The minimum Gasteiger partial charge on any atom is -0.370 e. The van der Waals surface area contributed by atoms with Crippen molar-refractivity contribution >= 4 is 51.9 Å². The molecule has 0 aliphatic carbocycles. The molecule has 1 aromatic heterocycles. The summed E-state index contributed by atoms with van der Waals surface area (Å²) in [4.78, 5) is 25.4. The molecule has 2 aromatic rings. The van der Waals surface area contributed by atoms with E-state index in [4.69, 9.17) is 11.6 Å². The van der Waals surface area contributed by atoms with Gasteiger partial charge in [0.25, 0.3) is 5.91 Å². The van der Waals surface area contributed by atoms with Crippen LogP contribution in [-0.4, -0.2) is 38.0 Å². The zero-order valence-electron chi connectivity index (χ0n) is 11.3. The SMILES string of the molecule is CCCN1C(=O)CC(Nc2c(Cl)ccc3nsnc23)C1=O. The van der Waals surface area contributed by atoms with Crippen LogP contribution in [0.3, 0.4) is 0 Å². The molecule has 21 heavy (non-hydrogen) atoms. The third kappa shape index (κ3) is 2.47. The highest BCUT2D eigenvalue weighted by molar-refractivity contribution is 7.00. The summed E-state index contributed by atoms with van der Waals surface area (Å²) >= 11 is 7.27. The first-order valence-electron chi connectivity index (χ1n) is 6.63. The van der Waals surface area contributed by atoms with Crippen LogP contribution in [0.5, 0.6) is 0 Å². The van der Waals surface area contributed by atoms with E-state index in [0.29, 0.717) is 28.3 Å². The molecule has 1 fully saturated rings. The highest BCUT2D eigenvalue weighted by atomic mass is 35.5. The number of aromatic nitrogens is 2. The van der Waals surface area contributed by atoms with Gasteiger partial charge in [-0.1, -0.05) is 18.5 Å². The third-order valence-electron chi connectivity index (χ3n) is 3.39. The summed E-state index contributed by atoms with van der Waals surface area (Å²) in [7, 11) is 0. The highest BCUT2D eigenvalue weighted by Gasteiger charge is 2.38. The summed E-state index contributed by atoms with van der Waals surface area (Å²) in [5, 5.41) is 3.53. The Morgan fingerprint density at radius 1 is 1.43 bits per heavy atom. The molecular weight excluding hydrogens is 312 g/mol. The van der Waals surface area contributed by atoms with E-state index in [1.165, 1.54) is 4.90 Å². The lowest BCUT2D eigenvalue weighted by molar-refractivity contribution is -0.138. The number of fused-ring (bicyclic) bond motifs is 1. The monoisotopic (exact) mass is 324 g/mol. The molecule has 0 spiro atoms. The normalized spacial score (nSPS) is 18.8. The van der Waals surface area contributed by atoms with Gasteiger partial charge in [0.2, 0.25) is 5.91 Å². The topological polar surface area (TPSA) is 75.2 Å². The van der Waals surface area contributed by atoms with Gasteiger partial charge in [0, 0.05) is 6.54 Å². The van der Waals surface area contributed by atoms with E-state index in [2.05, 4.69) is 14.1 Å². The molecule has 2 heterocycles. The highest BCUT2D eigenvalue weighted by Crippen LogP contribution is 2.31. The summed E-state index contributed by atoms with van der Waals surface area (Å²) < 4.78 is 8.34. The number of imide groups is 1. The van der Waals surface area contributed by atoms with E-state index in [9.17, 15) is 9.59 Å².